The summed E-state index contributed by atoms with van der Waals surface area (Å²) in [6.45, 7) is 21.4. The van der Waals surface area contributed by atoms with Crippen molar-refractivity contribution in [2.75, 3.05) is 13.2 Å². The van der Waals surface area contributed by atoms with Crippen molar-refractivity contribution < 1.29 is 9.47 Å². The van der Waals surface area contributed by atoms with Crippen molar-refractivity contribution in [1.29, 1.82) is 0 Å². The number of imidazole rings is 2. The van der Waals surface area contributed by atoms with Gasteiger partial charge in [0.05, 0.1) is 22.1 Å². The first-order valence-corrected chi connectivity index (χ1v) is 23.4. The van der Waals surface area contributed by atoms with E-state index in [1.807, 2.05) is 0 Å². The third-order valence-electron chi connectivity index (χ3n) is 9.03. The normalized spacial score (nSPS) is 18.4. The first-order chi connectivity index (χ1) is 19.9. The number of benzene rings is 2. The molecule has 1 saturated carbocycles. The topological polar surface area (TPSA) is 54.1 Å². The smallest absolute Gasteiger partial charge is 0.124 e. The highest BCUT2D eigenvalue weighted by Gasteiger charge is 2.25. The Bertz CT molecular complexity index is 1390. The predicted molar refractivity (Wildman–Crippen MR) is 181 cm³/mol. The van der Waals surface area contributed by atoms with Gasteiger partial charge in [0.1, 0.15) is 25.1 Å². The van der Waals surface area contributed by atoms with Gasteiger partial charge in [0, 0.05) is 29.4 Å². The van der Waals surface area contributed by atoms with Gasteiger partial charge in [-0.1, -0.05) is 51.4 Å². The van der Waals surface area contributed by atoms with Crippen LogP contribution in [-0.4, -0.2) is 48.5 Å². The molecule has 0 unspecified atom stereocenters. The Labute approximate surface area is 254 Å². The molecule has 5 rings (SSSR count). The molecule has 2 aromatic carbocycles. The van der Waals surface area contributed by atoms with Crippen LogP contribution in [0.15, 0.2) is 36.4 Å². The van der Waals surface area contributed by atoms with Crippen LogP contribution in [0, 0.1) is 13.8 Å². The molecule has 1 fully saturated rings. The van der Waals surface area contributed by atoms with Crippen molar-refractivity contribution in [3.8, 4) is 0 Å². The zero-order valence-electron chi connectivity index (χ0n) is 27.3. The lowest BCUT2D eigenvalue weighted by Crippen LogP contribution is -2.22. The maximum Gasteiger partial charge on any atom is 0.124 e. The molecule has 0 radical (unpaired) electrons. The molecule has 2 heterocycles. The Balaban J connectivity index is 1.19. The molecule has 4 aromatic rings. The highest BCUT2D eigenvalue weighted by molar-refractivity contribution is 6.76. The Kier molecular flexibility index (Phi) is 9.47. The average Bonchev–Trinajstić information content (AvgIpc) is 3.41. The summed E-state index contributed by atoms with van der Waals surface area (Å²) in [6.07, 6.45) is 4.86. The minimum atomic E-state index is -1.08. The summed E-state index contributed by atoms with van der Waals surface area (Å²) < 4.78 is 16.6. The van der Waals surface area contributed by atoms with Gasteiger partial charge in [-0.05, 0) is 98.8 Å². The van der Waals surface area contributed by atoms with E-state index >= 15 is 0 Å². The van der Waals surface area contributed by atoms with Crippen molar-refractivity contribution >= 4 is 38.2 Å². The standard InChI is InChI=1S/C34H52N4O2Si2/c1-25-35-31-21-29(13-15-33(31)37(25)23-39-17-19-41(3,4)5)27-9-11-28(12-10-27)30-14-16-34-32(22-30)36-26(2)38(34)24-40-18-20-42(6,7)8/h13-16,21-22,27-28H,9-12,17-20,23-24H2,1-8H3. The molecule has 1 aliphatic carbocycles. The summed E-state index contributed by atoms with van der Waals surface area (Å²) >= 11 is 0. The second-order valence-corrected chi connectivity index (χ2v) is 26.2. The molecular formula is C34H52N4O2Si2. The molecule has 42 heavy (non-hydrogen) atoms. The van der Waals surface area contributed by atoms with Crippen LogP contribution in [0.3, 0.4) is 0 Å². The van der Waals surface area contributed by atoms with Gasteiger partial charge < -0.3 is 18.6 Å². The number of rotatable bonds is 12. The summed E-state index contributed by atoms with van der Waals surface area (Å²) in [4.78, 5) is 9.81. The lowest BCUT2D eigenvalue weighted by Gasteiger charge is -2.29. The van der Waals surface area contributed by atoms with Gasteiger partial charge in [0.2, 0.25) is 0 Å². The maximum absolute atomic E-state index is 6.06. The SMILES string of the molecule is Cc1nc2cc(C3CCC(c4ccc5c(c4)nc(C)n5COCC[Si](C)(C)C)CC3)ccc2n1COCC[Si](C)(C)C. The average molecular weight is 605 g/mol. The molecule has 0 bridgehead atoms. The minimum Gasteiger partial charge on any atom is -0.361 e. The molecule has 8 heteroatoms. The van der Waals surface area contributed by atoms with Gasteiger partial charge in [-0.25, -0.2) is 9.97 Å². The van der Waals surface area contributed by atoms with Crippen LogP contribution in [0.2, 0.25) is 51.4 Å². The van der Waals surface area contributed by atoms with E-state index in [-0.39, 0.29) is 0 Å². The Hall–Kier alpha value is -2.27. The third-order valence-corrected chi connectivity index (χ3v) is 12.4. The molecule has 0 amide bonds. The molecular weight excluding hydrogens is 553 g/mol. The number of nitrogens with zero attached hydrogens (tertiary/aromatic N) is 4. The summed E-state index contributed by atoms with van der Waals surface area (Å²) in [7, 11) is -2.16. The fraction of sp³-hybridized carbons (Fsp3) is 0.588. The van der Waals surface area contributed by atoms with E-state index in [9.17, 15) is 0 Å². The van der Waals surface area contributed by atoms with Gasteiger partial charge in [-0.2, -0.15) is 0 Å². The van der Waals surface area contributed by atoms with E-state index < -0.39 is 16.1 Å². The maximum atomic E-state index is 6.06. The Morgan fingerprint density at radius 1 is 0.643 bits per heavy atom. The van der Waals surface area contributed by atoms with E-state index in [0.29, 0.717) is 25.3 Å². The Morgan fingerprint density at radius 3 is 1.38 bits per heavy atom. The van der Waals surface area contributed by atoms with E-state index in [0.717, 1.165) is 35.9 Å². The summed E-state index contributed by atoms with van der Waals surface area (Å²) in [6, 6.07) is 16.2. The highest BCUT2D eigenvalue weighted by Crippen LogP contribution is 2.41. The van der Waals surface area contributed by atoms with Gasteiger partial charge >= 0.3 is 0 Å². The van der Waals surface area contributed by atoms with Crippen LogP contribution < -0.4 is 0 Å². The molecule has 0 aliphatic heterocycles. The largest absolute Gasteiger partial charge is 0.361 e. The minimum absolute atomic E-state index is 0.588. The number of hydrogen-bond donors (Lipinski definition) is 0. The fourth-order valence-electron chi connectivity index (χ4n) is 6.20. The van der Waals surface area contributed by atoms with E-state index in [1.54, 1.807) is 0 Å². The zero-order valence-corrected chi connectivity index (χ0v) is 29.3. The van der Waals surface area contributed by atoms with Crippen LogP contribution in [0.1, 0.15) is 60.3 Å². The third kappa shape index (κ3) is 7.62. The second kappa shape index (κ2) is 12.8. The monoisotopic (exact) mass is 604 g/mol. The molecule has 0 atom stereocenters. The van der Waals surface area contributed by atoms with Crippen LogP contribution in [0.4, 0.5) is 0 Å². The van der Waals surface area contributed by atoms with E-state index in [2.05, 4.69) is 98.7 Å². The van der Waals surface area contributed by atoms with E-state index in [4.69, 9.17) is 19.4 Å². The first kappa shape index (κ1) is 31.2. The van der Waals surface area contributed by atoms with Gasteiger partial charge in [-0.15, -0.1) is 0 Å². The summed E-state index contributed by atoms with van der Waals surface area (Å²) in [5.41, 5.74) is 7.43. The summed E-state index contributed by atoms with van der Waals surface area (Å²) in [5, 5.41) is 0. The molecule has 0 N–H and O–H groups in total. The molecule has 0 spiro atoms. The van der Waals surface area contributed by atoms with E-state index in [1.165, 1.54) is 59.9 Å². The number of ether oxygens (including phenoxy) is 2. The van der Waals surface area contributed by atoms with Crippen LogP contribution in [0.25, 0.3) is 22.1 Å². The molecule has 228 valence electrons. The van der Waals surface area contributed by atoms with Crippen LogP contribution >= 0.6 is 0 Å². The van der Waals surface area contributed by atoms with Crippen molar-refractivity contribution in [3.05, 3.63) is 59.2 Å². The lowest BCUT2D eigenvalue weighted by atomic mass is 9.76. The predicted octanol–water partition coefficient (Wildman–Crippen LogP) is 9.07. The molecule has 6 nitrogen and oxygen atoms in total. The number of aryl methyl sites for hydroxylation is 2. The summed E-state index contributed by atoms with van der Waals surface area (Å²) in [5.74, 6) is 3.26. The molecule has 1 aliphatic rings. The first-order valence-electron chi connectivity index (χ1n) is 16.0. The number of fused-ring (bicyclic) bond motifs is 2. The number of aromatic nitrogens is 4. The molecule has 2 aromatic heterocycles. The second-order valence-electron chi connectivity index (χ2n) is 14.9. The zero-order chi connectivity index (χ0) is 30.1. The van der Waals surface area contributed by atoms with Crippen molar-refractivity contribution in [2.24, 2.45) is 0 Å². The van der Waals surface area contributed by atoms with Gasteiger partial charge in [0.15, 0.2) is 0 Å². The van der Waals surface area contributed by atoms with Crippen LogP contribution in [0.5, 0.6) is 0 Å². The van der Waals surface area contributed by atoms with Gasteiger partial charge in [0.25, 0.3) is 0 Å². The lowest BCUT2D eigenvalue weighted by molar-refractivity contribution is 0.0884. The fourth-order valence-corrected chi connectivity index (χ4v) is 7.71. The van der Waals surface area contributed by atoms with Gasteiger partial charge in [-0.3, -0.25) is 0 Å². The number of hydrogen-bond acceptors (Lipinski definition) is 4. The van der Waals surface area contributed by atoms with Crippen LogP contribution in [-0.2, 0) is 22.9 Å². The highest BCUT2D eigenvalue weighted by atomic mass is 28.3. The van der Waals surface area contributed by atoms with Crippen molar-refractivity contribution in [1.82, 2.24) is 19.1 Å². The molecule has 0 saturated heterocycles. The Morgan fingerprint density at radius 2 is 1.02 bits per heavy atom. The van der Waals surface area contributed by atoms with Crippen molar-refractivity contribution in [3.63, 3.8) is 0 Å². The quantitative estimate of drug-likeness (QED) is 0.120. The van der Waals surface area contributed by atoms with Crippen molar-refractivity contribution in [2.45, 2.75) is 116 Å².